The summed E-state index contributed by atoms with van der Waals surface area (Å²) in [7, 11) is 0. The maximum absolute atomic E-state index is 12.8. The number of carbonyl (C=O) groups is 3. The minimum atomic E-state index is -1.44. The number of benzene rings is 2. The highest BCUT2D eigenvalue weighted by molar-refractivity contribution is 8.26. The van der Waals surface area contributed by atoms with Gasteiger partial charge in [0.1, 0.15) is 22.7 Å². The SMILES string of the molecule is NC(=O)CC(C(=O)O)N1C(=O)/C(=C/c2cccc(OCc3ccc(Cl)cc3)c2)SC1=S. The highest BCUT2D eigenvalue weighted by Crippen LogP contribution is 2.35. The molecule has 0 aromatic heterocycles. The third kappa shape index (κ3) is 5.84. The lowest BCUT2D eigenvalue weighted by molar-refractivity contribution is -0.146. The van der Waals surface area contributed by atoms with Crippen LogP contribution in [-0.4, -0.2) is 38.2 Å². The number of ether oxygens (including phenoxy) is 1. The Morgan fingerprint density at radius 1 is 1.26 bits per heavy atom. The molecular weight excluding hydrogens is 460 g/mol. The molecule has 2 amide bonds. The van der Waals surface area contributed by atoms with E-state index in [9.17, 15) is 19.5 Å². The number of amides is 2. The molecule has 0 bridgehead atoms. The minimum absolute atomic E-state index is 0.0556. The maximum Gasteiger partial charge on any atom is 0.327 e. The highest BCUT2D eigenvalue weighted by Gasteiger charge is 2.41. The van der Waals surface area contributed by atoms with E-state index in [1.807, 2.05) is 12.1 Å². The summed E-state index contributed by atoms with van der Waals surface area (Å²) in [5.74, 6) is -2.18. The Balaban J connectivity index is 1.75. The van der Waals surface area contributed by atoms with Gasteiger partial charge in [-0.2, -0.15) is 0 Å². The van der Waals surface area contributed by atoms with Crippen molar-refractivity contribution in [1.29, 1.82) is 0 Å². The number of hydrogen-bond donors (Lipinski definition) is 2. The average molecular weight is 477 g/mol. The van der Waals surface area contributed by atoms with Crippen LogP contribution in [0.3, 0.4) is 0 Å². The molecular formula is C21H17ClN2O5S2. The summed E-state index contributed by atoms with van der Waals surface area (Å²) in [6.07, 6.45) is 1.07. The van der Waals surface area contributed by atoms with Gasteiger partial charge in [-0.15, -0.1) is 0 Å². The number of rotatable bonds is 8. The van der Waals surface area contributed by atoms with E-state index in [2.05, 4.69) is 0 Å². The van der Waals surface area contributed by atoms with E-state index in [4.69, 9.17) is 34.3 Å². The lowest BCUT2D eigenvalue weighted by Crippen LogP contribution is -2.46. The fourth-order valence-electron chi connectivity index (χ4n) is 2.82. The van der Waals surface area contributed by atoms with Gasteiger partial charge in [0.2, 0.25) is 5.91 Å². The molecule has 31 heavy (non-hydrogen) atoms. The molecule has 160 valence electrons. The van der Waals surface area contributed by atoms with Crippen LogP contribution >= 0.6 is 35.6 Å². The van der Waals surface area contributed by atoms with E-state index < -0.39 is 30.2 Å². The van der Waals surface area contributed by atoms with Crippen molar-refractivity contribution in [3.05, 3.63) is 69.6 Å². The second kappa shape index (κ2) is 9.95. The van der Waals surface area contributed by atoms with Gasteiger partial charge < -0.3 is 15.6 Å². The van der Waals surface area contributed by atoms with Gasteiger partial charge in [-0.25, -0.2) is 4.79 Å². The minimum Gasteiger partial charge on any atom is -0.489 e. The summed E-state index contributed by atoms with van der Waals surface area (Å²) < 4.78 is 5.85. The predicted octanol–water partition coefficient (Wildman–Crippen LogP) is 3.45. The lowest BCUT2D eigenvalue weighted by Gasteiger charge is -2.21. The Hall–Kier alpha value is -2.88. The van der Waals surface area contributed by atoms with Crippen LogP contribution in [0, 0.1) is 0 Å². The quantitative estimate of drug-likeness (QED) is 0.443. The molecule has 1 atom stereocenters. The van der Waals surface area contributed by atoms with E-state index in [-0.39, 0.29) is 9.23 Å². The van der Waals surface area contributed by atoms with Crippen molar-refractivity contribution < 1.29 is 24.2 Å². The Morgan fingerprint density at radius 3 is 2.61 bits per heavy atom. The van der Waals surface area contributed by atoms with E-state index in [1.54, 1.807) is 42.5 Å². The van der Waals surface area contributed by atoms with Gasteiger partial charge in [-0.1, -0.05) is 59.8 Å². The van der Waals surface area contributed by atoms with Gasteiger partial charge in [0.25, 0.3) is 5.91 Å². The van der Waals surface area contributed by atoms with Crippen molar-refractivity contribution >= 4 is 63.8 Å². The summed E-state index contributed by atoms with van der Waals surface area (Å²) in [5, 5.41) is 10.0. The molecule has 1 fully saturated rings. The molecule has 0 spiro atoms. The molecule has 0 aliphatic carbocycles. The summed E-state index contributed by atoms with van der Waals surface area (Å²) in [5.41, 5.74) is 6.74. The number of halogens is 1. The standard InChI is InChI=1S/C21H17ClN2O5S2/c22-14-6-4-12(5-7-14)11-29-15-3-1-2-13(8-15)9-17-19(26)24(21(30)31-17)16(20(27)28)10-18(23)25/h1-9,16H,10-11H2,(H2,23,25)(H,27,28)/b17-9-. The maximum atomic E-state index is 12.8. The second-order valence-electron chi connectivity index (χ2n) is 6.56. The fraction of sp³-hybridized carbons (Fsp3) is 0.143. The first-order valence-electron chi connectivity index (χ1n) is 9.00. The summed E-state index contributed by atoms with van der Waals surface area (Å²) in [6.45, 7) is 0.343. The van der Waals surface area contributed by atoms with Crippen molar-refractivity contribution in [2.75, 3.05) is 0 Å². The topological polar surface area (TPSA) is 110 Å². The number of primary amides is 1. The van der Waals surface area contributed by atoms with Crippen LogP contribution in [0.4, 0.5) is 0 Å². The number of nitrogens with zero attached hydrogens (tertiary/aromatic N) is 1. The smallest absolute Gasteiger partial charge is 0.327 e. The van der Waals surface area contributed by atoms with E-state index in [1.165, 1.54) is 0 Å². The van der Waals surface area contributed by atoms with Crippen molar-refractivity contribution in [3.8, 4) is 5.75 Å². The van der Waals surface area contributed by atoms with E-state index in [0.29, 0.717) is 22.9 Å². The van der Waals surface area contributed by atoms with Gasteiger partial charge in [0.15, 0.2) is 0 Å². The Kier molecular flexibility index (Phi) is 7.32. The predicted molar refractivity (Wildman–Crippen MR) is 122 cm³/mol. The Bertz CT molecular complexity index is 1070. The number of thiocarbonyl (C=S) groups is 1. The zero-order valence-electron chi connectivity index (χ0n) is 16.0. The fourth-order valence-corrected chi connectivity index (χ4v) is 4.30. The number of carbonyl (C=O) groups excluding carboxylic acids is 2. The molecule has 1 aliphatic rings. The van der Waals surface area contributed by atoms with Crippen LogP contribution in [0.25, 0.3) is 6.08 Å². The average Bonchev–Trinajstić information content (AvgIpc) is 2.98. The number of nitrogens with two attached hydrogens (primary N) is 1. The van der Waals surface area contributed by atoms with Crippen molar-refractivity contribution in [2.24, 2.45) is 5.73 Å². The van der Waals surface area contributed by atoms with Crippen LogP contribution in [-0.2, 0) is 21.0 Å². The molecule has 2 aromatic rings. The number of carboxylic acids is 1. The van der Waals surface area contributed by atoms with Crippen molar-refractivity contribution in [1.82, 2.24) is 4.90 Å². The molecule has 10 heteroatoms. The third-order valence-electron chi connectivity index (χ3n) is 4.29. The lowest BCUT2D eigenvalue weighted by atomic mass is 10.1. The first kappa shape index (κ1) is 22.8. The van der Waals surface area contributed by atoms with Crippen LogP contribution in [0.1, 0.15) is 17.5 Å². The zero-order chi connectivity index (χ0) is 22.5. The van der Waals surface area contributed by atoms with Crippen LogP contribution in [0.15, 0.2) is 53.4 Å². The molecule has 1 saturated heterocycles. The van der Waals surface area contributed by atoms with Crippen LogP contribution in [0.2, 0.25) is 5.02 Å². The first-order valence-corrected chi connectivity index (χ1v) is 10.6. The van der Waals surface area contributed by atoms with Gasteiger partial charge in [0.05, 0.1) is 11.3 Å². The number of thioether (sulfide) groups is 1. The van der Waals surface area contributed by atoms with E-state index >= 15 is 0 Å². The van der Waals surface area contributed by atoms with Crippen LogP contribution in [0.5, 0.6) is 5.75 Å². The number of aliphatic carboxylic acids is 1. The largest absolute Gasteiger partial charge is 0.489 e. The molecule has 1 heterocycles. The van der Waals surface area contributed by atoms with Gasteiger partial charge in [-0.05, 0) is 41.5 Å². The van der Waals surface area contributed by atoms with Crippen LogP contribution < -0.4 is 10.5 Å². The third-order valence-corrected chi connectivity index (χ3v) is 5.87. The number of carboxylic acid groups (broad SMARTS) is 1. The molecule has 1 aliphatic heterocycles. The van der Waals surface area contributed by atoms with Crippen molar-refractivity contribution in [3.63, 3.8) is 0 Å². The molecule has 0 radical (unpaired) electrons. The van der Waals surface area contributed by atoms with Gasteiger partial charge in [-0.3, -0.25) is 14.5 Å². The Labute approximate surface area is 192 Å². The highest BCUT2D eigenvalue weighted by atomic mass is 35.5. The summed E-state index contributed by atoms with van der Waals surface area (Å²) in [4.78, 5) is 36.7. The molecule has 1 unspecified atom stereocenters. The Morgan fingerprint density at radius 2 is 1.97 bits per heavy atom. The van der Waals surface area contributed by atoms with Gasteiger partial charge >= 0.3 is 5.97 Å². The first-order chi connectivity index (χ1) is 14.7. The molecule has 2 aromatic carbocycles. The zero-order valence-corrected chi connectivity index (χ0v) is 18.4. The summed E-state index contributed by atoms with van der Waals surface area (Å²) in [6, 6.07) is 12.9. The molecule has 3 N–H and O–H groups in total. The van der Waals surface area contributed by atoms with Crippen molar-refractivity contribution in [2.45, 2.75) is 19.1 Å². The molecule has 3 rings (SSSR count). The summed E-state index contributed by atoms with van der Waals surface area (Å²) >= 11 is 12.0. The molecule has 7 nitrogen and oxygen atoms in total. The normalized spacial score (nSPS) is 15.9. The monoisotopic (exact) mass is 476 g/mol. The van der Waals surface area contributed by atoms with Gasteiger partial charge in [0, 0.05) is 5.02 Å². The molecule has 0 saturated carbocycles. The van der Waals surface area contributed by atoms with E-state index in [0.717, 1.165) is 22.2 Å². The number of hydrogen-bond acceptors (Lipinski definition) is 6. The second-order valence-corrected chi connectivity index (χ2v) is 8.68.